The van der Waals surface area contributed by atoms with E-state index >= 15 is 0 Å². The molecule has 9 heteroatoms. The highest BCUT2D eigenvalue weighted by atomic mass is 32.2. The van der Waals surface area contributed by atoms with Gasteiger partial charge in [0, 0.05) is 0 Å². The van der Waals surface area contributed by atoms with Crippen LogP contribution in [0.15, 0.2) is 68.5 Å². The molecule has 0 aliphatic carbocycles. The van der Waals surface area contributed by atoms with Crippen molar-refractivity contribution in [1.29, 1.82) is 0 Å². The molecule has 0 N–H and O–H groups in total. The van der Waals surface area contributed by atoms with Crippen LogP contribution in [0.1, 0.15) is 22.1 Å². The maximum absolute atomic E-state index is 13.2. The maximum atomic E-state index is 13.2. The number of hydrogen-bond acceptors (Lipinski definition) is 7. The Morgan fingerprint density at radius 3 is 2.32 bits per heavy atom. The molecule has 148 valence electrons. The van der Waals surface area contributed by atoms with Gasteiger partial charge in [-0.3, -0.25) is 0 Å². The average molecular weight is 405 g/mol. The number of rotatable bonds is 8. The van der Waals surface area contributed by atoms with Crippen molar-refractivity contribution in [3.8, 4) is 5.75 Å². The first-order valence-corrected chi connectivity index (χ1v) is 9.71. The van der Waals surface area contributed by atoms with E-state index in [9.17, 15) is 13.2 Å². The third kappa shape index (κ3) is 4.26. The number of carbonyl (C=O) groups excluding carboxylic acids is 1. The van der Waals surface area contributed by atoms with Gasteiger partial charge in [-0.2, -0.15) is 4.31 Å². The number of methoxy groups -OCH3 is 2. The van der Waals surface area contributed by atoms with Gasteiger partial charge < -0.3 is 18.3 Å². The lowest BCUT2D eigenvalue weighted by Gasteiger charge is -2.20. The van der Waals surface area contributed by atoms with Crippen LogP contribution in [-0.2, 0) is 27.8 Å². The lowest BCUT2D eigenvalue weighted by molar-refractivity contribution is 0.0562. The van der Waals surface area contributed by atoms with Crippen LogP contribution in [0.5, 0.6) is 5.75 Å². The van der Waals surface area contributed by atoms with E-state index in [1.807, 2.05) is 0 Å². The number of ether oxygens (including phenoxy) is 2. The molecule has 0 saturated carbocycles. The number of nitrogens with zero attached hydrogens (tertiary/aromatic N) is 1. The number of sulfonamides is 1. The van der Waals surface area contributed by atoms with Gasteiger partial charge in [-0.15, -0.1) is 0 Å². The van der Waals surface area contributed by atoms with E-state index < -0.39 is 16.0 Å². The van der Waals surface area contributed by atoms with Gasteiger partial charge >= 0.3 is 5.97 Å². The molecule has 1 aromatic carbocycles. The summed E-state index contributed by atoms with van der Waals surface area (Å²) in [6.07, 6.45) is 1.47. The van der Waals surface area contributed by atoms with E-state index in [0.29, 0.717) is 17.3 Å². The highest BCUT2D eigenvalue weighted by molar-refractivity contribution is 7.89. The molecule has 0 radical (unpaired) electrons. The van der Waals surface area contributed by atoms with Gasteiger partial charge in [0.25, 0.3) is 0 Å². The van der Waals surface area contributed by atoms with Crippen molar-refractivity contribution < 1.29 is 31.5 Å². The number of hydrogen-bond donors (Lipinski definition) is 0. The Labute approximate surface area is 162 Å². The summed E-state index contributed by atoms with van der Waals surface area (Å²) in [6, 6.07) is 12.4. The average Bonchev–Trinajstić information content (AvgIpc) is 3.39. The number of carbonyl (C=O) groups is 1. The van der Waals surface area contributed by atoms with E-state index in [4.69, 9.17) is 13.6 Å². The molecule has 2 heterocycles. The summed E-state index contributed by atoms with van der Waals surface area (Å²) >= 11 is 0. The minimum Gasteiger partial charge on any atom is -0.497 e. The molecule has 0 atom stereocenters. The first-order valence-electron chi connectivity index (χ1n) is 8.27. The number of esters is 1. The SMILES string of the molecule is COC(=O)c1ccc(CN(Cc2ccco2)S(=O)(=O)c2ccc(OC)cc2)o1. The molecular formula is C19H19NO7S. The Hall–Kier alpha value is -3.04. The van der Waals surface area contributed by atoms with Crippen LogP contribution >= 0.6 is 0 Å². The number of benzene rings is 1. The highest BCUT2D eigenvalue weighted by Gasteiger charge is 2.27. The van der Waals surface area contributed by atoms with E-state index in [2.05, 4.69) is 4.74 Å². The van der Waals surface area contributed by atoms with Crippen LogP contribution in [0.4, 0.5) is 0 Å². The normalized spacial score (nSPS) is 11.5. The molecule has 0 saturated heterocycles. The van der Waals surface area contributed by atoms with Crippen LogP contribution in [0.3, 0.4) is 0 Å². The van der Waals surface area contributed by atoms with Crippen LogP contribution in [0, 0.1) is 0 Å². The molecule has 2 aromatic heterocycles. The quantitative estimate of drug-likeness (QED) is 0.531. The zero-order valence-corrected chi connectivity index (χ0v) is 16.1. The van der Waals surface area contributed by atoms with Crippen molar-refractivity contribution in [2.75, 3.05) is 14.2 Å². The highest BCUT2D eigenvalue weighted by Crippen LogP contribution is 2.24. The van der Waals surface area contributed by atoms with Crippen LogP contribution in [0.2, 0.25) is 0 Å². The second-order valence-corrected chi connectivity index (χ2v) is 7.72. The Morgan fingerprint density at radius 2 is 1.71 bits per heavy atom. The van der Waals surface area contributed by atoms with E-state index in [-0.39, 0.29) is 23.7 Å². The van der Waals surface area contributed by atoms with E-state index in [1.165, 1.54) is 49.1 Å². The van der Waals surface area contributed by atoms with E-state index in [1.54, 1.807) is 24.3 Å². The molecule has 28 heavy (non-hydrogen) atoms. The molecule has 0 bridgehead atoms. The fraction of sp³-hybridized carbons (Fsp3) is 0.211. The third-order valence-electron chi connectivity index (χ3n) is 3.99. The van der Waals surface area contributed by atoms with Gasteiger partial charge in [0.05, 0.1) is 38.5 Å². The van der Waals surface area contributed by atoms with Gasteiger partial charge in [0.15, 0.2) is 0 Å². The first-order chi connectivity index (χ1) is 13.4. The van der Waals surface area contributed by atoms with Crippen molar-refractivity contribution in [3.05, 3.63) is 72.1 Å². The molecule has 3 rings (SSSR count). The second-order valence-electron chi connectivity index (χ2n) is 5.79. The fourth-order valence-corrected chi connectivity index (χ4v) is 3.92. The Balaban J connectivity index is 1.91. The van der Waals surface area contributed by atoms with Crippen molar-refractivity contribution >= 4 is 16.0 Å². The van der Waals surface area contributed by atoms with Crippen molar-refractivity contribution in [2.24, 2.45) is 0 Å². The van der Waals surface area contributed by atoms with Gasteiger partial charge in [-0.25, -0.2) is 13.2 Å². The Kier molecular flexibility index (Phi) is 5.86. The van der Waals surface area contributed by atoms with Crippen molar-refractivity contribution in [3.63, 3.8) is 0 Å². The monoisotopic (exact) mass is 405 g/mol. The van der Waals surface area contributed by atoms with Crippen LogP contribution in [-0.4, -0.2) is 32.9 Å². The van der Waals surface area contributed by atoms with Gasteiger partial charge in [-0.1, -0.05) is 0 Å². The van der Waals surface area contributed by atoms with E-state index in [0.717, 1.165) is 0 Å². The standard InChI is InChI=1S/C19H19NO7S/c1-24-14-5-8-17(9-6-14)28(22,23)20(12-15-4-3-11-26-15)13-16-7-10-18(27-16)19(21)25-2/h3-11H,12-13H2,1-2H3. The molecule has 3 aromatic rings. The summed E-state index contributed by atoms with van der Waals surface area (Å²) in [6.45, 7) is -0.0956. The first kappa shape index (κ1) is 19.7. The van der Waals surface area contributed by atoms with Gasteiger partial charge in [0.2, 0.25) is 15.8 Å². The van der Waals surface area contributed by atoms with Gasteiger partial charge in [-0.05, 0) is 48.5 Å². The molecule has 0 fully saturated rings. The molecule has 8 nitrogen and oxygen atoms in total. The zero-order chi connectivity index (χ0) is 20.1. The molecular weight excluding hydrogens is 386 g/mol. The van der Waals surface area contributed by atoms with Crippen molar-refractivity contribution in [1.82, 2.24) is 4.31 Å². The molecule has 0 spiro atoms. The molecule has 0 unspecified atom stereocenters. The summed E-state index contributed by atoms with van der Waals surface area (Å²) in [5.74, 6) is 0.672. The molecule has 0 aliphatic heterocycles. The minimum atomic E-state index is -3.88. The Bertz CT molecular complexity index is 1020. The maximum Gasteiger partial charge on any atom is 0.373 e. The largest absolute Gasteiger partial charge is 0.497 e. The lowest BCUT2D eigenvalue weighted by atomic mass is 10.3. The summed E-state index contributed by atoms with van der Waals surface area (Å²) in [4.78, 5) is 11.7. The summed E-state index contributed by atoms with van der Waals surface area (Å²) in [5.41, 5.74) is 0. The third-order valence-corrected chi connectivity index (χ3v) is 5.80. The predicted molar refractivity (Wildman–Crippen MR) is 98.2 cm³/mol. The van der Waals surface area contributed by atoms with Crippen LogP contribution in [0.25, 0.3) is 0 Å². The predicted octanol–water partition coefficient (Wildman–Crippen LogP) is 3.06. The topological polar surface area (TPSA) is 99.2 Å². The minimum absolute atomic E-state index is 0.00251. The number of furan rings is 2. The van der Waals surface area contributed by atoms with Crippen LogP contribution < -0.4 is 4.74 Å². The fourth-order valence-electron chi connectivity index (χ4n) is 2.55. The lowest BCUT2D eigenvalue weighted by Crippen LogP contribution is -2.30. The summed E-state index contributed by atoms with van der Waals surface area (Å²) < 4.78 is 47.9. The smallest absolute Gasteiger partial charge is 0.373 e. The Morgan fingerprint density at radius 1 is 1.00 bits per heavy atom. The van der Waals surface area contributed by atoms with Gasteiger partial charge in [0.1, 0.15) is 17.3 Å². The molecule has 0 aliphatic rings. The summed E-state index contributed by atoms with van der Waals surface area (Å²) in [5, 5.41) is 0. The summed E-state index contributed by atoms with van der Waals surface area (Å²) in [7, 11) is -1.13. The molecule has 0 amide bonds. The second kappa shape index (κ2) is 8.32. The van der Waals surface area contributed by atoms with Crippen molar-refractivity contribution in [2.45, 2.75) is 18.0 Å². The zero-order valence-electron chi connectivity index (χ0n) is 15.3.